The van der Waals surface area contributed by atoms with E-state index in [1.165, 1.54) is 27.5 Å². The number of rotatable bonds is 2. The third-order valence-electron chi connectivity index (χ3n) is 3.44. The Labute approximate surface area is 108 Å². The van der Waals surface area contributed by atoms with Crippen LogP contribution in [0.3, 0.4) is 0 Å². The van der Waals surface area contributed by atoms with Crippen molar-refractivity contribution >= 4 is 10.8 Å². The van der Waals surface area contributed by atoms with Gasteiger partial charge in [0.1, 0.15) is 0 Å². The van der Waals surface area contributed by atoms with Crippen molar-refractivity contribution in [3.8, 4) is 0 Å². The second kappa shape index (κ2) is 4.66. The van der Waals surface area contributed by atoms with E-state index in [-0.39, 0.29) is 0 Å². The third-order valence-corrected chi connectivity index (χ3v) is 3.44. The van der Waals surface area contributed by atoms with Crippen LogP contribution in [0.15, 0.2) is 66.7 Å². The van der Waals surface area contributed by atoms with Gasteiger partial charge in [-0.2, -0.15) is 0 Å². The molecule has 0 spiro atoms. The summed E-state index contributed by atoms with van der Waals surface area (Å²) in [5, 5.41) is 2.74. The number of benzene rings is 3. The van der Waals surface area contributed by atoms with E-state index in [0.29, 0.717) is 0 Å². The molecule has 3 aromatic rings. The normalized spacial score (nSPS) is 10.7. The first kappa shape index (κ1) is 11.0. The molecule has 0 N–H and O–H groups in total. The molecule has 0 heterocycles. The molecule has 0 bridgehead atoms. The Hall–Kier alpha value is -2.08. The van der Waals surface area contributed by atoms with Crippen LogP contribution in [-0.4, -0.2) is 0 Å². The van der Waals surface area contributed by atoms with E-state index in [0.717, 1.165) is 6.42 Å². The Bertz CT molecular complexity index is 661. The van der Waals surface area contributed by atoms with Gasteiger partial charge in [0.05, 0.1) is 0 Å². The van der Waals surface area contributed by atoms with E-state index in [1.54, 1.807) is 0 Å². The minimum atomic E-state index is 1.00. The SMILES string of the molecule is Cc1cccc2cccc(Cc3ccccc3)c12. The van der Waals surface area contributed by atoms with Crippen LogP contribution in [0, 0.1) is 6.92 Å². The Morgan fingerprint density at radius 3 is 2.22 bits per heavy atom. The molecule has 0 heteroatoms. The van der Waals surface area contributed by atoms with Crippen molar-refractivity contribution in [2.45, 2.75) is 13.3 Å². The molecular formula is C18H16. The van der Waals surface area contributed by atoms with Crippen LogP contribution in [0.4, 0.5) is 0 Å². The molecule has 0 aliphatic rings. The van der Waals surface area contributed by atoms with Crippen molar-refractivity contribution in [1.29, 1.82) is 0 Å². The van der Waals surface area contributed by atoms with Crippen molar-refractivity contribution in [3.63, 3.8) is 0 Å². The number of fused-ring (bicyclic) bond motifs is 1. The van der Waals surface area contributed by atoms with Gasteiger partial charge >= 0.3 is 0 Å². The zero-order valence-electron chi connectivity index (χ0n) is 10.6. The molecule has 88 valence electrons. The van der Waals surface area contributed by atoms with Gasteiger partial charge in [-0.15, -0.1) is 0 Å². The summed E-state index contributed by atoms with van der Waals surface area (Å²) in [6, 6.07) is 23.8. The monoisotopic (exact) mass is 232 g/mol. The average molecular weight is 232 g/mol. The summed E-state index contributed by atoms with van der Waals surface area (Å²) in [4.78, 5) is 0. The van der Waals surface area contributed by atoms with Crippen LogP contribution in [-0.2, 0) is 6.42 Å². The molecular weight excluding hydrogens is 216 g/mol. The molecule has 3 rings (SSSR count). The van der Waals surface area contributed by atoms with Gasteiger partial charge in [-0.25, -0.2) is 0 Å². The smallest absolute Gasteiger partial charge is 0.00195 e. The molecule has 0 unspecified atom stereocenters. The van der Waals surface area contributed by atoms with Gasteiger partial charge in [0, 0.05) is 0 Å². The summed E-state index contributed by atoms with van der Waals surface area (Å²) in [6.07, 6.45) is 1.00. The van der Waals surface area contributed by atoms with E-state index in [9.17, 15) is 0 Å². The topological polar surface area (TPSA) is 0 Å². The van der Waals surface area contributed by atoms with Crippen molar-refractivity contribution < 1.29 is 0 Å². The fourth-order valence-electron chi connectivity index (χ4n) is 2.58. The van der Waals surface area contributed by atoms with Gasteiger partial charge in [0.25, 0.3) is 0 Å². The molecule has 0 nitrogen and oxygen atoms in total. The van der Waals surface area contributed by atoms with Crippen LogP contribution >= 0.6 is 0 Å². The van der Waals surface area contributed by atoms with Gasteiger partial charge in [-0.1, -0.05) is 66.7 Å². The zero-order chi connectivity index (χ0) is 12.4. The van der Waals surface area contributed by atoms with Crippen molar-refractivity contribution in [2.75, 3.05) is 0 Å². The molecule has 0 atom stereocenters. The number of hydrogen-bond donors (Lipinski definition) is 0. The van der Waals surface area contributed by atoms with Crippen LogP contribution in [0.1, 0.15) is 16.7 Å². The lowest BCUT2D eigenvalue weighted by Gasteiger charge is -2.09. The van der Waals surface area contributed by atoms with E-state index in [1.807, 2.05) is 0 Å². The van der Waals surface area contributed by atoms with Crippen LogP contribution in [0.2, 0.25) is 0 Å². The van der Waals surface area contributed by atoms with Gasteiger partial charge in [-0.3, -0.25) is 0 Å². The highest BCUT2D eigenvalue weighted by Gasteiger charge is 2.04. The maximum atomic E-state index is 2.24. The summed E-state index contributed by atoms with van der Waals surface area (Å²) in [6.45, 7) is 2.19. The molecule has 0 aliphatic heterocycles. The molecule has 0 fully saturated rings. The molecule has 3 aromatic carbocycles. The van der Waals surface area contributed by atoms with Gasteiger partial charge < -0.3 is 0 Å². The zero-order valence-corrected chi connectivity index (χ0v) is 10.6. The number of hydrogen-bond acceptors (Lipinski definition) is 0. The quantitative estimate of drug-likeness (QED) is 0.598. The molecule has 0 aromatic heterocycles. The summed E-state index contributed by atoms with van der Waals surface area (Å²) in [7, 11) is 0. The maximum Gasteiger partial charge on any atom is -0.00195 e. The molecule has 0 aliphatic carbocycles. The summed E-state index contributed by atoms with van der Waals surface area (Å²) in [5.74, 6) is 0. The summed E-state index contributed by atoms with van der Waals surface area (Å²) >= 11 is 0. The second-order valence-electron chi connectivity index (χ2n) is 4.75. The lowest BCUT2D eigenvalue weighted by Crippen LogP contribution is -1.91. The van der Waals surface area contributed by atoms with Crippen LogP contribution in [0.5, 0.6) is 0 Å². The Balaban J connectivity index is 2.12. The van der Waals surface area contributed by atoms with Gasteiger partial charge in [0.2, 0.25) is 0 Å². The lowest BCUT2D eigenvalue weighted by atomic mass is 9.95. The summed E-state index contributed by atoms with van der Waals surface area (Å²) in [5.41, 5.74) is 4.14. The van der Waals surface area contributed by atoms with E-state index in [4.69, 9.17) is 0 Å². The summed E-state index contributed by atoms with van der Waals surface area (Å²) < 4.78 is 0. The van der Waals surface area contributed by atoms with Crippen molar-refractivity contribution in [1.82, 2.24) is 0 Å². The largest absolute Gasteiger partial charge is 0.0622 e. The highest BCUT2D eigenvalue weighted by Crippen LogP contribution is 2.24. The van der Waals surface area contributed by atoms with Crippen molar-refractivity contribution in [2.24, 2.45) is 0 Å². The number of aryl methyl sites for hydroxylation is 1. The molecule has 0 saturated carbocycles. The highest BCUT2D eigenvalue weighted by atomic mass is 14.1. The molecule has 0 amide bonds. The molecule has 0 saturated heterocycles. The van der Waals surface area contributed by atoms with Gasteiger partial charge in [0.15, 0.2) is 0 Å². The van der Waals surface area contributed by atoms with E-state index in [2.05, 4.69) is 73.7 Å². The molecule has 18 heavy (non-hydrogen) atoms. The van der Waals surface area contributed by atoms with E-state index >= 15 is 0 Å². The first-order valence-electron chi connectivity index (χ1n) is 6.36. The first-order valence-corrected chi connectivity index (χ1v) is 6.36. The van der Waals surface area contributed by atoms with Crippen LogP contribution < -0.4 is 0 Å². The minimum absolute atomic E-state index is 1.00. The fourth-order valence-corrected chi connectivity index (χ4v) is 2.58. The first-order chi connectivity index (χ1) is 8.84. The standard InChI is InChI=1S/C18H16/c1-14-7-5-10-16-11-6-12-17(18(14)16)13-15-8-3-2-4-9-15/h2-12H,13H2,1H3. The fraction of sp³-hybridized carbons (Fsp3) is 0.111. The van der Waals surface area contributed by atoms with E-state index < -0.39 is 0 Å². The van der Waals surface area contributed by atoms with Crippen LogP contribution in [0.25, 0.3) is 10.8 Å². The Morgan fingerprint density at radius 1 is 0.722 bits per heavy atom. The maximum absolute atomic E-state index is 2.24. The minimum Gasteiger partial charge on any atom is -0.0622 e. The Morgan fingerprint density at radius 2 is 1.44 bits per heavy atom. The lowest BCUT2D eigenvalue weighted by molar-refractivity contribution is 1.21. The average Bonchev–Trinajstić information content (AvgIpc) is 2.40. The predicted octanol–water partition coefficient (Wildman–Crippen LogP) is 4.74. The van der Waals surface area contributed by atoms with Crippen molar-refractivity contribution in [3.05, 3.63) is 83.4 Å². The van der Waals surface area contributed by atoms with Gasteiger partial charge in [-0.05, 0) is 40.8 Å². The second-order valence-corrected chi connectivity index (χ2v) is 4.75. The molecule has 0 radical (unpaired) electrons. The predicted molar refractivity (Wildman–Crippen MR) is 77.9 cm³/mol. The third kappa shape index (κ3) is 2.02. The Kier molecular flexibility index (Phi) is 2.85. The highest BCUT2D eigenvalue weighted by molar-refractivity contribution is 5.88.